The molecule has 7 aromatic rings. The number of fused-ring (bicyclic) bond motifs is 4. The van der Waals surface area contributed by atoms with Gasteiger partial charge in [0.1, 0.15) is 22.8 Å². The van der Waals surface area contributed by atoms with Crippen LogP contribution in [0.15, 0.2) is 158 Å². The normalized spacial score (nSPS) is 13.4. The minimum atomic E-state index is 0.844. The molecule has 9 rings (SSSR count). The number of nitrogens with zero attached hydrogens (tertiary/aromatic N) is 4. The van der Waals surface area contributed by atoms with Gasteiger partial charge in [0.2, 0.25) is 0 Å². The molecule has 0 spiro atoms. The maximum absolute atomic E-state index is 5.15. The molecule has 4 nitrogen and oxygen atoms in total. The van der Waals surface area contributed by atoms with E-state index in [1.54, 1.807) is 0 Å². The van der Waals surface area contributed by atoms with Crippen molar-refractivity contribution >= 4 is 34.1 Å². The Morgan fingerprint density at radius 2 is 0.583 bits per heavy atom. The van der Waals surface area contributed by atoms with E-state index in [0.717, 1.165) is 59.6 Å². The fourth-order valence-corrected chi connectivity index (χ4v) is 7.47. The topological polar surface area (TPSA) is 32.3 Å². The number of para-hydroxylation sites is 4. The molecule has 3 heterocycles. The number of hydrogen-bond acceptors (Lipinski definition) is 4. The van der Waals surface area contributed by atoms with Crippen molar-refractivity contribution in [2.24, 2.45) is 0 Å². The lowest BCUT2D eigenvalue weighted by atomic mass is 10.00. The molecule has 0 fully saturated rings. The Morgan fingerprint density at radius 1 is 0.312 bits per heavy atom. The summed E-state index contributed by atoms with van der Waals surface area (Å²) >= 11 is 0. The fourth-order valence-electron chi connectivity index (χ4n) is 7.47. The summed E-state index contributed by atoms with van der Waals surface area (Å²) in [7, 11) is 0. The van der Waals surface area contributed by atoms with Crippen LogP contribution in [0.4, 0.5) is 34.1 Å². The summed E-state index contributed by atoms with van der Waals surface area (Å²) in [5, 5.41) is 10.3. The Morgan fingerprint density at radius 3 is 0.896 bits per heavy atom. The molecule has 0 atom stereocenters. The predicted octanol–water partition coefficient (Wildman–Crippen LogP) is 10.9. The molecule has 0 bridgehead atoms. The van der Waals surface area contributed by atoms with E-state index in [-0.39, 0.29) is 0 Å². The van der Waals surface area contributed by atoms with Crippen molar-refractivity contribution in [2.45, 2.75) is 25.7 Å². The molecule has 230 valence electrons. The molecule has 6 aromatic carbocycles. The average Bonchev–Trinajstić information content (AvgIpc) is 3.43. The molecule has 0 N–H and O–H groups in total. The highest BCUT2D eigenvalue weighted by molar-refractivity contribution is 6.04. The Balaban J connectivity index is 1.49. The van der Waals surface area contributed by atoms with Crippen LogP contribution in [0.25, 0.3) is 22.5 Å². The van der Waals surface area contributed by atoms with Gasteiger partial charge < -0.3 is 9.80 Å². The third-order valence-corrected chi connectivity index (χ3v) is 9.72. The van der Waals surface area contributed by atoms with Gasteiger partial charge in [0.05, 0.1) is 0 Å². The number of rotatable bonds is 4. The van der Waals surface area contributed by atoms with Crippen molar-refractivity contribution in [1.82, 2.24) is 10.2 Å². The molecular formula is C44H34N4. The van der Waals surface area contributed by atoms with Crippen LogP contribution in [0.3, 0.4) is 0 Å². The standard InChI is InChI=1S/C44H34N4/c1-3-19-35(20-4-1)41-43(47-37-23-11-7-15-31(37)27-28-32-16-8-12-24-38(32)47)44(42(46-45-41)36-21-5-2-6-22-36)48-39-25-13-9-17-33(39)29-30-34-18-10-14-26-40(34)48/h1-26H,27-30H2. The molecule has 0 radical (unpaired) electrons. The molecular weight excluding hydrogens is 585 g/mol. The molecule has 48 heavy (non-hydrogen) atoms. The van der Waals surface area contributed by atoms with E-state index in [0.29, 0.717) is 0 Å². The zero-order valence-corrected chi connectivity index (χ0v) is 26.6. The first-order valence-corrected chi connectivity index (χ1v) is 16.8. The lowest BCUT2D eigenvalue weighted by molar-refractivity contribution is 0.977. The van der Waals surface area contributed by atoms with Crippen molar-refractivity contribution in [3.63, 3.8) is 0 Å². The molecule has 0 amide bonds. The maximum atomic E-state index is 5.15. The van der Waals surface area contributed by atoms with Crippen molar-refractivity contribution < 1.29 is 0 Å². The van der Waals surface area contributed by atoms with Gasteiger partial charge in [-0.1, -0.05) is 133 Å². The lowest BCUT2D eigenvalue weighted by Gasteiger charge is -2.36. The Bertz CT molecular complexity index is 2000. The van der Waals surface area contributed by atoms with Crippen LogP contribution in [0.5, 0.6) is 0 Å². The second-order valence-corrected chi connectivity index (χ2v) is 12.5. The van der Waals surface area contributed by atoms with Crippen molar-refractivity contribution in [3.8, 4) is 22.5 Å². The van der Waals surface area contributed by atoms with Crippen LogP contribution >= 0.6 is 0 Å². The van der Waals surface area contributed by atoms with Crippen LogP contribution in [0.2, 0.25) is 0 Å². The zero-order valence-electron chi connectivity index (χ0n) is 26.6. The quantitative estimate of drug-likeness (QED) is 0.196. The van der Waals surface area contributed by atoms with Gasteiger partial charge in [-0.3, -0.25) is 0 Å². The van der Waals surface area contributed by atoms with E-state index in [2.05, 4.69) is 168 Å². The molecule has 0 unspecified atom stereocenters. The Labute approximate surface area is 281 Å². The number of aryl methyl sites for hydroxylation is 4. The lowest BCUT2D eigenvalue weighted by Crippen LogP contribution is -2.21. The summed E-state index contributed by atoms with van der Waals surface area (Å²) in [6.07, 6.45) is 3.83. The molecule has 2 aliphatic heterocycles. The summed E-state index contributed by atoms with van der Waals surface area (Å²) in [4.78, 5) is 4.96. The summed E-state index contributed by atoms with van der Waals surface area (Å²) in [5.41, 5.74) is 15.7. The summed E-state index contributed by atoms with van der Waals surface area (Å²) in [5.74, 6) is 0. The largest absolute Gasteiger partial charge is 0.306 e. The first-order valence-electron chi connectivity index (χ1n) is 16.8. The van der Waals surface area contributed by atoms with E-state index < -0.39 is 0 Å². The fraction of sp³-hybridized carbons (Fsp3) is 0.0909. The van der Waals surface area contributed by atoms with Gasteiger partial charge in [-0.25, -0.2) is 0 Å². The second kappa shape index (κ2) is 12.0. The molecule has 2 aliphatic rings. The predicted molar refractivity (Wildman–Crippen MR) is 197 cm³/mol. The van der Waals surface area contributed by atoms with Gasteiger partial charge in [-0.15, -0.1) is 10.2 Å². The first kappa shape index (κ1) is 28.2. The maximum Gasteiger partial charge on any atom is 0.119 e. The summed E-state index contributed by atoms with van der Waals surface area (Å²) in [6.45, 7) is 0. The SMILES string of the molecule is c1ccc(-c2nnc(-c3ccccc3)c(N3c4ccccc4CCc4ccccc43)c2N2c3ccccc3CCc3ccccc32)cc1. The Kier molecular flexibility index (Phi) is 7.05. The minimum absolute atomic E-state index is 0.844. The highest BCUT2D eigenvalue weighted by Gasteiger charge is 2.35. The van der Waals surface area contributed by atoms with Crippen LogP contribution < -0.4 is 9.80 Å². The highest BCUT2D eigenvalue weighted by atomic mass is 15.3. The van der Waals surface area contributed by atoms with Crippen molar-refractivity contribution in [2.75, 3.05) is 9.80 Å². The van der Waals surface area contributed by atoms with Gasteiger partial charge in [0, 0.05) is 33.9 Å². The Hall–Kier alpha value is -6.00. The van der Waals surface area contributed by atoms with Crippen molar-refractivity contribution in [1.29, 1.82) is 0 Å². The number of aromatic nitrogens is 2. The van der Waals surface area contributed by atoms with E-state index in [9.17, 15) is 0 Å². The minimum Gasteiger partial charge on any atom is -0.306 e. The molecule has 0 aliphatic carbocycles. The number of benzene rings is 6. The van der Waals surface area contributed by atoms with Crippen LogP contribution in [-0.2, 0) is 25.7 Å². The summed E-state index contributed by atoms with van der Waals surface area (Å²) < 4.78 is 0. The number of hydrogen-bond donors (Lipinski definition) is 0. The second-order valence-electron chi connectivity index (χ2n) is 12.5. The van der Waals surface area contributed by atoms with Gasteiger partial charge in [0.25, 0.3) is 0 Å². The van der Waals surface area contributed by atoms with Gasteiger partial charge in [-0.05, 0) is 72.2 Å². The van der Waals surface area contributed by atoms with Crippen LogP contribution in [0.1, 0.15) is 22.3 Å². The average molecular weight is 619 g/mol. The zero-order chi connectivity index (χ0) is 31.9. The highest BCUT2D eigenvalue weighted by Crippen LogP contribution is 2.55. The van der Waals surface area contributed by atoms with Gasteiger partial charge in [0.15, 0.2) is 0 Å². The third-order valence-electron chi connectivity index (χ3n) is 9.72. The summed E-state index contributed by atoms with van der Waals surface area (Å²) in [6, 6.07) is 56.5. The van der Waals surface area contributed by atoms with Crippen LogP contribution in [0, 0.1) is 0 Å². The molecule has 0 saturated carbocycles. The third kappa shape index (κ3) is 4.76. The van der Waals surface area contributed by atoms with E-state index >= 15 is 0 Å². The first-order chi connectivity index (χ1) is 23.8. The molecule has 1 aromatic heterocycles. The van der Waals surface area contributed by atoms with Gasteiger partial charge in [-0.2, -0.15) is 0 Å². The molecule has 4 heteroatoms. The monoisotopic (exact) mass is 618 g/mol. The smallest absolute Gasteiger partial charge is 0.119 e. The van der Waals surface area contributed by atoms with E-state index in [1.807, 2.05) is 0 Å². The molecule has 0 saturated heterocycles. The van der Waals surface area contributed by atoms with Crippen LogP contribution in [-0.4, -0.2) is 10.2 Å². The number of anilines is 6. The van der Waals surface area contributed by atoms with Gasteiger partial charge >= 0.3 is 0 Å². The van der Waals surface area contributed by atoms with Crippen molar-refractivity contribution in [3.05, 3.63) is 180 Å². The van der Waals surface area contributed by atoms with E-state index in [4.69, 9.17) is 10.2 Å². The van der Waals surface area contributed by atoms with E-state index in [1.165, 1.54) is 45.0 Å².